The number of aromatic nitrogens is 2. The van der Waals surface area contributed by atoms with Crippen LogP contribution >= 0.6 is 0 Å². The molecule has 1 unspecified atom stereocenters. The SMILES string of the molecule is CN(C(=O)c1nc(C(=O)NC(C)(C)C)n2c1CCCC2)C1CCS(=O)(=O)C1. The molecule has 3 rings (SSSR count). The minimum atomic E-state index is -3.09. The molecule has 27 heavy (non-hydrogen) atoms. The molecule has 2 amide bonds. The van der Waals surface area contributed by atoms with Crippen LogP contribution in [-0.2, 0) is 22.8 Å². The molecular weight excluding hydrogens is 368 g/mol. The number of carbonyl (C=O) groups excluding carboxylic acids is 2. The Morgan fingerprint density at radius 3 is 2.56 bits per heavy atom. The van der Waals surface area contributed by atoms with Gasteiger partial charge in [-0.05, 0) is 46.5 Å². The van der Waals surface area contributed by atoms with Crippen molar-refractivity contribution in [1.29, 1.82) is 0 Å². The Morgan fingerprint density at radius 1 is 1.26 bits per heavy atom. The molecule has 0 aliphatic carbocycles. The van der Waals surface area contributed by atoms with Crippen LogP contribution < -0.4 is 5.32 Å². The van der Waals surface area contributed by atoms with E-state index in [4.69, 9.17) is 0 Å². The summed E-state index contributed by atoms with van der Waals surface area (Å²) in [4.78, 5) is 31.6. The van der Waals surface area contributed by atoms with Gasteiger partial charge in [0.1, 0.15) is 5.69 Å². The molecule has 0 bridgehead atoms. The molecule has 150 valence electrons. The highest BCUT2D eigenvalue weighted by molar-refractivity contribution is 7.91. The summed E-state index contributed by atoms with van der Waals surface area (Å²) in [5, 5.41) is 2.91. The van der Waals surface area contributed by atoms with Crippen LogP contribution in [-0.4, -0.2) is 64.8 Å². The number of carbonyl (C=O) groups is 2. The molecule has 3 heterocycles. The van der Waals surface area contributed by atoms with E-state index in [1.54, 1.807) is 7.05 Å². The molecule has 0 radical (unpaired) electrons. The Kier molecular flexibility index (Phi) is 5.09. The monoisotopic (exact) mass is 396 g/mol. The van der Waals surface area contributed by atoms with E-state index in [1.807, 2.05) is 25.3 Å². The van der Waals surface area contributed by atoms with Gasteiger partial charge >= 0.3 is 0 Å². The number of nitrogens with one attached hydrogen (secondary N) is 1. The van der Waals surface area contributed by atoms with E-state index >= 15 is 0 Å². The first-order valence-electron chi connectivity index (χ1n) is 9.38. The summed E-state index contributed by atoms with van der Waals surface area (Å²) in [5.41, 5.74) is 0.649. The third kappa shape index (κ3) is 4.17. The van der Waals surface area contributed by atoms with Gasteiger partial charge in [-0.25, -0.2) is 13.4 Å². The Balaban J connectivity index is 1.91. The highest BCUT2D eigenvalue weighted by Gasteiger charge is 2.36. The third-order valence-corrected chi connectivity index (χ3v) is 6.84. The van der Waals surface area contributed by atoms with Crippen molar-refractivity contribution in [3.8, 4) is 0 Å². The smallest absolute Gasteiger partial charge is 0.287 e. The lowest BCUT2D eigenvalue weighted by Crippen LogP contribution is -2.42. The average molecular weight is 397 g/mol. The molecule has 2 aliphatic heterocycles. The van der Waals surface area contributed by atoms with Crippen molar-refractivity contribution in [1.82, 2.24) is 19.8 Å². The van der Waals surface area contributed by atoms with E-state index in [-0.39, 0.29) is 40.9 Å². The largest absolute Gasteiger partial charge is 0.345 e. The van der Waals surface area contributed by atoms with Crippen molar-refractivity contribution in [2.24, 2.45) is 0 Å². The quantitative estimate of drug-likeness (QED) is 0.822. The van der Waals surface area contributed by atoms with Crippen molar-refractivity contribution in [3.63, 3.8) is 0 Å². The van der Waals surface area contributed by atoms with Crippen LogP contribution in [0.4, 0.5) is 0 Å². The molecule has 1 aromatic heterocycles. The third-order valence-electron chi connectivity index (χ3n) is 5.09. The number of nitrogens with zero attached hydrogens (tertiary/aromatic N) is 3. The van der Waals surface area contributed by atoms with Crippen LogP contribution in [0.15, 0.2) is 0 Å². The van der Waals surface area contributed by atoms with Gasteiger partial charge in [-0.2, -0.15) is 0 Å². The summed E-state index contributed by atoms with van der Waals surface area (Å²) < 4.78 is 25.3. The van der Waals surface area contributed by atoms with E-state index in [2.05, 4.69) is 10.3 Å². The summed E-state index contributed by atoms with van der Waals surface area (Å²) in [6.45, 7) is 6.34. The number of hydrogen-bond acceptors (Lipinski definition) is 5. The van der Waals surface area contributed by atoms with Crippen molar-refractivity contribution in [2.75, 3.05) is 18.6 Å². The molecule has 0 aromatic carbocycles. The zero-order valence-corrected chi connectivity index (χ0v) is 17.2. The predicted molar refractivity (Wildman–Crippen MR) is 102 cm³/mol. The molecule has 2 aliphatic rings. The first-order valence-corrected chi connectivity index (χ1v) is 11.2. The topological polar surface area (TPSA) is 101 Å². The lowest BCUT2D eigenvalue weighted by Gasteiger charge is -2.24. The summed E-state index contributed by atoms with van der Waals surface area (Å²) in [6, 6.07) is -0.338. The van der Waals surface area contributed by atoms with Gasteiger partial charge in [0.25, 0.3) is 11.8 Å². The predicted octanol–water partition coefficient (Wildman–Crippen LogP) is 1.01. The minimum absolute atomic E-state index is 0.0113. The maximum Gasteiger partial charge on any atom is 0.287 e. The molecule has 1 N–H and O–H groups in total. The van der Waals surface area contributed by atoms with Crippen molar-refractivity contribution < 1.29 is 18.0 Å². The molecule has 1 fully saturated rings. The van der Waals surface area contributed by atoms with E-state index < -0.39 is 15.4 Å². The highest BCUT2D eigenvalue weighted by Crippen LogP contribution is 2.25. The number of hydrogen-bond donors (Lipinski definition) is 1. The van der Waals surface area contributed by atoms with Crippen LogP contribution in [0.1, 0.15) is 66.8 Å². The van der Waals surface area contributed by atoms with Crippen LogP contribution in [0.3, 0.4) is 0 Å². The Bertz CT molecular complexity index is 867. The van der Waals surface area contributed by atoms with Gasteiger partial charge in [0, 0.05) is 25.2 Å². The summed E-state index contributed by atoms with van der Waals surface area (Å²) in [5.74, 6) is -0.248. The lowest BCUT2D eigenvalue weighted by atomic mass is 10.1. The van der Waals surface area contributed by atoms with Crippen LogP contribution in [0, 0.1) is 0 Å². The second-order valence-electron chi connectivity index (χ2n) is 8.52. The number of sulfone groups is 1. The Labute approximate surface area is 160 Å². The summed E-state index contributed by atoms with van der Waals surface area (Å²) in [6.07, 6.45) is 3.00. The molecule has 0 spiro atoms. The fourth-order valence-corrected chi connectivity index (χ4v) is 5.47. The fourth-order valence-electron chi connectivity index (χ4n) is 3.70. The van der Waals surface area contributed by atoms with Gasteiger partial charge in [0.2, 0.25) is 0 Å². The lowest BCUT2D eigenvalue weighted by molar-refractivity contribution is 0.0740. The second-order valence-corrected chi connectivity index (χ2v) is 10.7. The van der Waals surface area contributed by atoms with Gasteiger partial charge in [0.15, 0.2) is 15.7 Å². The maximum absolute atomic E-state index is 13.1. The van der Waals surface area contributed by atoms with Gasteiger partial charge in [-0.1, -0.05) is 0 Å². The fraction of sp³-hybridized carbons (Fsp3) is 0.722. The summed E-state index contributed by atoms with van der Waals surface area (Å²) >= 11 is 0. The van der Waals surface area contributed by atoms with Gasteiger partial charge < -0.3 is 14.8 Å². The van der Waals surface area contributed by atoms with Crippen molar-refractivity contribution in [3.05, 3.63) is 17.2 Å². The second kappa shape index (κ2) is 6.92. The van der Waals surface area contributed by atoms with E-state index in [0.29, 0.717) is 19.4 Å². The van der Waals surface area contributed by atoms with E-state index in [1.165, 1.54) is 4.90 Å². The standard InChI is InChI=1S/C18H28N4O4S/c1-18(2,3)20-16(23)15-19-14(13-7-5-6-9-22(13)15)17(24)21(4)12-8-10-27(25,26)11-12/h12H,5-11H2,1-4H3,(H,20,23). The number of amides is 2. The van der Waals surface area contributed by atoms with E-state index in [9.17, 15) is 18.0 Å². The Hall–Kier alpha value is -1.90. The van der Waals surface area contributed by atoms with Crippen LogP contribution in [0.5, 0.6) is 0 Å². The maximum atomic E-state index is 13.1. The number of imidazole rings is 1. The zero-order valence-electron chi connectivity index (χ0n) is 16.4. The van der Waals surface area contributed by atoms with Gasteiger partial charge in [-0.3, -0.25) is 9.59 Å². The highest BCUT2D eigenvalue weighted by atomic mass is 32.2. The van der Waals surface area contributed by atoms with Gasteiger partial charge in [0.05, 0.1) is 17.2 Å². The molecule has 0 saturated carbocycles. The molecule has 1 atom stereocenters. The molecular formula is C18H28N4O4S. The number of rotatable bonds is 3. The number of fused-ring (bicyclic) bond motifs is 1. The van der Waals surface area contributed by atoms with E-state index in [0.717, 1.165) is 18.5 Å². The normalized spacial score (nSPS) is 21.6. The van der Waals surface area contributed by atoms with Gasteiger partial charge in [-0.15, -0.1) is 0 Å². The van der Waals surface area contributed by atoms with Crippen LogP contribution in [0.25, 0.3) is 0 Å². The first-order chi connectivity index (χ1) is 12.5. The summed E-state index contributed by atoms with van der Waals surface area (Å²) in [7, 11) is -1.46. The van der Waals surface area contributed by atoms with Crippen molar-refractivity contribution >= 4 is 21.7 Å². The minimum Gasteiger partial charge on any atom is -0.345 e. The molecule has 1 aromatic rings. The zero-order chi connectivity index (χ0) is 20.0. The molecule has 1 saturated heterocycles. The average Bonchev–Trinajstić information content (AvgIpc) is 3.12. The molecule has 8 nitrogen and oxygen atoms in total. The first kappa shape index (κ1) is 19.9. The van der Waals surface area contributed by atoms with Crippen LogP contribution in [0.2, 0.25) is 0 Å². The Morgan fingerprint density at radius 2 is 1.96 bits per heavy atom. The van der Waals surface area contributed by atoms with Crippen molar-refractivity contribution in [2.45, 2.75) is 64.6 Å². The molecule has 9 heteroatoms.